The Kier molecular flexibility index (Phi) is 3.11. The van der Waals surface area contributed by atoms with E-state index in [1.165, 1.54) is 13.1 Å². The minimum absolute atomic E-state index is 0.00127. The molecule has 0 spiro atoms. The van der Waals surface area contributed by atoms with Crippen LogP contribution in [0.3, 0.4) is 0 Å². The standard InChI is InChI=1S/C11H9ClF2N2O/c1-5-8(10(13)14)9-7(16-11(5)17)2-6(3-12)4-15-9/h2,4,10H,3H2,1H3,(H,16,17). The molecule has 0 aliphatic rings. The van der Waals surface area contributed by atoms with Gasteiger partial charge in [0.25, 0.3) is 12.0 Å². The van der Waals surface area contributed by atoms with Gasteiger partial charge in [0.05, 0.1) is 16.6 Å². The summed E-state index contributed by atoms with van der Waals surface area (Å²) in [5.74, 6) is 0.211. The van der Waals surface area contributed by atoms with Gasteiger partial charge in [-0.3, -0.25) is 9.78 Å². The number of nitrogens with zero attached hydrogens (tertiary/aromatic N) is 1. The highest BCUT2D eigenvalue weighted by molar-refractivity contribution is 6.17. The first-order chi connectivity index (χ1) is 8.04. The van der Waals surface area contributed by atoms with Gasteiger partial charge >= 0.3 is 0 Å². The van der Waals surface area contributed by atoms with Crippen LogP contribution in [0.2, 0.25) is 0 Å². The van der Waals surface area contributed by atoms with Gasteiger partial charge in [0.2, 0.25) is 0 Å². The van der Waals surface area contributed by atoms with Gasteiger partial charge < -0.3 is 4.98 Å². The van der Waals surface area contributed by atoms with Crippen molar-refractivity contribution in [1.82, 2.24) is 9.97 Å². The number of nitrogens with one attached hydrogen (secondary N) is 1. The Hall–Kier alpha value is -1.49. The second-order valence-electron chi connectivity index (χ2n) is 3.67. The van der Waals surface area contributed by atoms with E-state index in [0.717, 1.165) is 0 Å². The number of H-pyrrole nitrogens is 1. The lowest BCUT2D eigenvalue weighted by molar-refractivity contribution is 0.152. The molecule has 0 aromatic carbocycles. The fourth-order valence-corrected chi connectivity index (χ4v) is 1.82. The Morgan fingerprint density at radius 1 is 1.53 bits per heavy atom. The summed E-state index contributed by atoms with van der Waals surface area (Å²) >= 11 is 5.62. The van der Waals surface area contributed by atoms with Gasteiger partial charge in [0, 0.05) is 17.6 Å². The molecular formula is C11H9ClF2N2O. The fourth-order valence-electron chi connectivity index (χ4n) is 1.67. The van der Waals surface area contributed by atoms with Crippen LogP contribution in [-0.4, -0.2) is 9.97 Å². The Morgan fingerprint density at radius 2 is 2.24 bits per heavy atom. The van der Waals surface area contributed by atoms with Crippen molar-refractivity contribution in [3.05, 3.63) is 39.3 Å². The summed E-state index contributed by atoms with van der Waals surface area (Å²) in [5, 5.41) is 0. The molecule has 0 aliphatic heterocycles. The van der Waals surface area contributed by atoms with Crippen molar-refractivity contribution in [3.63, 3.8) is 0 Å². The Labute approximate surface area is 100 Å². The zero-order chi connectivity index (χ0) is 12.6. The van der Waals surface area contributed by atoms with E-state index in [-0.39, 0.29) is 28.0 Å². The number of fused-ring (bicyclic) bond motifs is 1. The summed E-state index contributed by atoms with van der Waals surface area (Å²) in [4.78, 5) is 18.0. The van der Waals surface area contributed by atoms with Gasteiger partial charge in [-0.05, 0) is 18.6 Å². The smallest absolute Gasteiger partial charge is 0.266 e. The van der Waals surface area contributed by atoms with Gasteiger partial charge in [-0.1, -0.05) is 0 Å². The number of hydrogen-bond donors (Lipinski definition) is 1. The average Bonchev–Trinajstić information content (AvgIpc) is 2.29. The van der Waals surface area contributed by atoms with E-state index in [1.807, 2.05) is 0 Å². The lowest BCUT2D eigenvalue weighted by Crippen LogP contribution is -2.14. The van der Waals surface area contributed by atoms with Crippen molar-refractivity contribution in [2.75, 3.05) is 0 Å². The molecule has 90 valence electrons. The van der Waals surface area contributed by atoms with Crippen LogP contribution in [0.15, 0.2) is 17.1 Å². The van der Waals surface area contributed by atoms with Crippen LogP contribution in [0, 0.1) is 6.92 Å². The molecule has 0 fully saturated rings. The molecule has 0 saturated carbocycles. The van der Waals surface area contributed by atoms with E-state index in [1.54, 1.807) is 6.07 Å². The monoisotopic (exact) mass is 258 g/mol. The minimum Gasteiger partial charge on any atom is -0.320 e. The maximum Gasteiger partial charge on any atom is 0.266 e. The molecule has 1 N–H and O–H groups in total. The first-order valence-electron chi connectivity index (χ1n) is 4.90. The highest BCUT2D eigenvalue weighted by atomic mass is 35.5. The van der Waals surface area contributed by atoms with Gasteiger partial charge in [-0.15, -0.1) is 11.6 Å². The quantitative estimate of drug-likeness (QED) is 0.842. The maximum atomic E-state index is 12.9. The highest BCUT2D eigenvalue weighted by Gasteiger charge is 2.18. The second-order valence-corrected chi connectivity index (χ2v) is 3.93. The molecule has 2 rings (SSSR count). The molecule has 0 amide bonds. The molecule has 2 aromatic rings. The van der Waals surface area contributed by atoms with E-state index >= 15 is 0 Å². The predicted octanol–water partition coefficient (Wildman–Crippen LogP) is 2.91. The molecule has 2 aromatic heterocycles. The lowest BCUT2D eigenvalue weighted by Gasteiger charge is -2.08. The first-order valence-corrected chi connectivity index (χ1v) is 5.43. The summed E-state index contributed by atoms with van der Waals surface area (Å²) in [5.41, 5.74) is 0.226. The largest absolute Gasteiger partial charge is 0.320 e. The molecule has 0 bridgehead atoms. The number of rotatable bonds is 2. The zero-order valence-corrected chi connectivity index (χ0v) is 9.68. The van der Waals surface area contributed by atoms with E-state index in [0.29, 0.717) is 5.56 Å². The molecule has 2 heterocycles. The fraction of sp³-hybridized carbons (Fsp3) is 0.273. The van der Waals surface area contributed by atoms with Crippen LogP contribution in [-0.2, 0) is 5.88 Å². The number of alkyl halides is 3. The summed E-state index contributed by atoms with van der Waals surface area (Å²) in [6.45, 7) is 1.36. The minimum atomic E-state index is -2.73. The van der Waals surface area contributed by atoms with Gasteiger partial charge in [0.1, 0.15) is 0 Å². The van der Waals surface area contributed by atoms with Gasteiger partial charge in [0.15, 0.2) is 0 Å². The first kappa shape index (κ1) is 12.0. The number of aromatic nitrogens is 2. The van der Waals surface area contributed by atoms with Crippen molar-refractivity contribution in [3.8, 4) is 0 Å². The molecule has 0 radical (unpaired) electrons. The number of hydrogen-bond acceptors (Lipinski definition) is 2. The third kappa shape index (κ3) is 2.02. The Morgan fingerprint density at radius 3 is 2.82 bits per heavy atom. The van der Waals surface area contributed by atoms with Crippen LogP contribution in [0.4, 0.5) is 8.78 Å². The highest BCUT2D eigenvalue weighted by Crippen LogP contribution is 2.27. The normalized spacial score (nSPS) is 11.4. The van der Waals surface area contributed by atoms with Crippen LogP contribution in [0.25, 0.3) is 11.0 Å². The maximum absolute atomic E-state index is 12.9. The van der Waals surface area contributed by atoms with Crippen LogP contribution in [0.1, 0.15) is 23.1 Å². The van der Waals surface area contributed by atoms with E-state index in [2.05, 4.69) is 9.97 Å². The summed E-state index contributed by atoms with van der Waals surface area (Å²) in [6.07, 6.45) is -1.30. The van der Waals surface area contributed by atoms with Crippen molar-refractivity contribution >= 4 is 22.6 Å². The van der Waals surface area contributed by atoms with Crippen LogP contribution < -0.4 is 5.56 Å². The van der Waals surface area contributed by atoms with Crippen molar-refractivity contribution in [1.29, 1.82) is 0 Å². The summed E-state index contributed by atoms with van der Waals surface area (Å²) < 4.78 is 25.8. The van der Waals surface area contributed by atoms with Crippen LogP contribution in [0.5, 0.6) is 0 Å². The van der Waals surface area contributed by atoms with E-state index < -0.39 is 12.0 Å². The summed E-state index contributed by atoms with van der Waals surface area (Å²) in [7, 11) is 0. The third-order valence-corrected chi connectivity index (χ3v) is 2.87. The van der Waals surface area contributed by atoms with Crippen molar-refractivity contribution in [2.45, 2.75) is 19.2 Å². The number of pyridine rings is 2. The predicted molar refractivity (Wildman–Crippen MR) is 61.6 cm³/mol. The molecular weight excluding hydrogens is 250 g/mol. The number of aromatic amines is 1. The zero-order valence-electron chi connectivity index (χ0n) is 8.93. The number of halogens is 3. The van der Waals surface area contributed by atoms with Crippen molar-refractivity contribution in [2.24, 2.45) is 0 Å². The molecule has 3 nitrogen and oxygen atoms in total. The molecule has 0 atom stereocenters. The SMILES string of the molecule is Cc1c(C(F)F)c2ncc(CCl)cc2[nH]c1=O. The van der Waals surface area contributed by atoms with E-state index in [4.69, 9.17) is 11.6 Å². The Bertz CT molecular complexity index is 625. The van der Waals surface area contributed by atoms with Crippen molar-refractivity contribution < 1.29 is 8.78 Å². The topological polar surface area (TPSA) is 45.8 Å². The second kappa shape index (κ2) is 4.41. The van der Waals surface area contributed by atoms with Crippen LogP contribution >= 0.6 is 11.6 Å². The lowest BCUT2D eigenvalue weighted by atomic mass is 10.1. The molecule has 6 heteroatoms. The molecule has 0 unspecified atom stereocenters. The molecule has 0 saturated heterocycles. The molecule has 17 heavy (non-hydrogen) atoms. The third-order valence-electron chi connectivity index (χ3n) is 2.56. The van der Waals surface area contributed by atoms with Gasteiger partial charge in [-0.2, -0.15) is 0 Å². The van der Waals surface area contributed by atoms with E-state index in [9.17, 15) is 13.6 Å². The van der Waals surface area contributed by atoms with Gasteiger partial charge in [-0.25, -0.2) is 8.78 Å². The Balaban J connectivity index is 2.86. The average molecular weight is 259 g/mol. The summed E-state index contributed by atoms with van der Waals surface area (Å²) in [6, 6.07) is 1.56. The molecule has 0 aliphatic carbocycles.